The van der Waals surface area contributed by atoms with Gasteiger partial charge in [0, 0.05) is 0 Å². The number of dihydropyridines is 1. The summed E-state index contributed by atoms with van der Waals surface area (Å²) in [5, 5.41) is 0. The summed E-state index contributed by atoms with van der Waals surface area (Å²) in [5.74, 6) is 0.397. The van der Waals surface area contributed by atoms with E-state index in [0.29, 0.717) is 12.3 Å². The smallest absolute Gasteiger partial charge is 0.251 e. The molecule has 1 amide bonds. The van der Waals surface area contributed by atoms with Crippen molar-refractivity contribution in [2.45, 2.75) is 32.1 Å². The van der Waals surface area contributed by atoms with Gasteiger partial charge in [0.05, 0.1) is 6.42 Å². The van der Waals surface area contributed by atoms with Gasteiger partial charge in [0.2, 0.25) is 0 Å². The molecular formula is C9H12N2O. The Kier molecular flexibility index (Phi) is 1.71. The van der Waals surface area contributed by atoms with Gasteiger partial charge in [-0.1, -0.05) is 5.57 Å². The van der Waals surface area contributed by atoms with Gasteiger partial charge in [-0.05, 0) is 31.3 Å². The molecule has 0 aromatic heterocycles. The van der Waals surface area contributed by atoms with E-state index in [9.17, 15) is 4.79 Å². The van der Waals surface area contributed by atoms with Crippen LogP contribution in [0, 0.1) is 0 Å². The van der Waals surface area contributed by atoms with Crippen LogP contribution >= 0.6 is 0 Å². The van der Waals surface area contributed by atoms with E-state index < -0.39 is 0 Å². The molecule has 3 heteroatoms. The number of hydrogen-bond acceptors (Lipinski definition) is 2. The third-order valence-corrected chi connectivity index (χ3v) is 2.50. The average Bonchev–Trinajstić information content (AvgIpc) is 2.04. The highest BCUT2D eigenvalue weighted by atomic mass is 16.1. The Morgan fingerprint density at radius 2 is 2.00 bits per heavy atom. The fourth-order valence-corrected chi connectivity index (χ4v) is 1.90. The van der Waals surface area contributed by atoms with Crippen LogP contribution in [0.3, 0.4) is 0 Å². The molecule has 2 aliphatic rings. The Balaban J connectivity index is 2.35. The molecule has 2 N–H and O–H groups in total. The summed E-state index contributed by atoms with van der Waals surface area (Å²) in [6.45, 7) is 0. The summed E-state index contributed by atoms with van der Waals surface area (Å²) in [4.78, 5) is 14.8. The van der Waals surface area contributed by atoms with Gasteiger partial charge in [-0.25, -0.2) is 0 Å². The van der Waals surface area contributed by atoms with Crippen LogP contribution < -0.4 is 5.73 Å². The van der Waals surface area contributed by atoms with E-state index >= 15 is 0 Å². The third kappa shape index (κ3) is 1.15. The van der Waals surface area contributed by atoms with E-state index in [0.717, 1.165) is 18.4 Å². The second-order valence-corrected chi connectivity index (χ2v) is 3.36. The minimum atomic E-state index is -0.0758. The van der Waals surface area contributed by atoms with Crippen molar-refractivity contribution < 1.29 is 4.79 Å². The van der Waals surface area contributed by atoms with Gasteiger partial charge in [0.15, 0.2) is 0 Å². The fraction of sp³-hybridized carbons (Fsp3) is 0.556. The molecule has 0 spiro atoms. The minimum absolute atomic E-state index is 0.0758. The van der Waals surface area contributed by atoms with Crippen LogP contribution in [-0.2, 0) is 4.79 Å². The summed E-state index contributed by atoms with van der Waals surface area (Å²) in [6, 6.07) is 0. The van der Waals surface area contributed by atoms with Gasteiger partial charge in [-0.2, -0.15) is 4.99 Å². The number of amidine groups is 1. The molecule has 1 aliphatic carbocycles. The Hall–Kier alpha value is -1.12. The molecule has 12 heavy (non-hydrogen) atoms. The Bertz CT molecular complexity index is 289. The van der Waals surface area contributed by atoms with Crippen molar-refractivity contribution in [1.82, 2.24) is 0 Å². The lowest BCUT2D eigenvalue weighted by Crippen LogP contribution is -2.25. The largest absolute Gasteiger partial charge is 0.383 e. The molecule has 0 aromatic rings. The van der Waals surface area contributed by atoms with E-state index in [2.05, 4.69) is 4.99 Å². The number of amides is 1. The number of carbonyl (C=O) groups is 1. The van der Waals surface area contributed by atoms with Gasteiger partial charge in [0.25, 0.3) is 5.91 Å². The van der Waals surface area contributed by atoms with Gasteiger partial charge in [-0.15, -0.1) is 0 Å². The molecule has 0 aromatic carbocycles. The van der Waals surface area contributed by atoms with Crippen LogP contribution in [0.25, 0.3) is 0 Å². The molecule has 0 fully saturated rings. The maximum absolute atomic E-state index is 11.0. The predicted molar refractivity (Wildman–Crippen MR) is 46.7 cm³/mol. The SMILES string of the molecule is NC1=NC(=O)CC2=C1CCCC2. The standard InChI is InChI=1S/C9H12N2O/c10-9-7-4-2-1-3-6(7)5-8(12)11-9/h1-5H2,(H2,10,11,12). The fourth-order valence-electron chi connectivity index (χ4n) is 1.90. The first-order chi connectivity index (χ1) is 5.77. The van der Waals surface area contributed by atoms with Gasteiger partial charge >= 0.3 is 0 Å². The van der Waals surface area contributed by atoms with Crippen molar-refractivity contribution in [2.24, 2.45) is 10.7 Å². The summed E-state index contributed by atoms with van der Waals surface area (Å²) >= 11 is 0. The molecule has 3 nitrogen and oxygen atoms in total. The molecule has 1 heterocycles. The highest BCUT2D eigenvalue weighted by Gasteiger charge is 2.22. The average molecular weight is 164 g/mol. The molecule has 0 saturated heterocycles. The van der Waals surface area contributed by atoms with Crippen LogP contribution in [0.2, 0.25) is 0 Å². The molecular weight excluding hydrogens is 152 g/mol. The van der Waals surface area contributed by atoms with Crippen molar-refractivity contribution in [3.8, 4) is 0 Å². The van der Waals surface area contributed by atoms with E-state index in [1.54, 1.807) is 0 Å². The van der Waals surface area contributed by atoms with Crippen LogP contribution in [-0.4, -0.2) is 11.7 Å². The number of hydrogen-bond donors (Lipinski definition) is 1. The van der Waals surface area contributed by atoms with Crippen LogP contribution in [0.15, 0.2) is 16.1 Å². The number of carbonyl (C=O) groups excluding carboxylic acids is 1. The first-order valence-corrected chi connectivity index (χ1v) is 4.35. The summed E-state index contributed by atoms with van der Waals surface area (Å²) in [7, 11) is 0. The third-order valence-electron chi connectivity index (χ3n) is 2.50. The molecule has 0 bridgehead atoms. The van der Waals surface area contributed by atoms with Crippen molar-refractivity contribution in [2.75, 3.05) is 0 Å². The number of nitrogens with zero attached hydrogens (tertiary/aromatic N) is 1. The van der Waals surface area contributed by atoms with Crippen LogP contribution in [0.1, 0.15) is 32.1 Å². The highest BCUT2D eigenvalue weighted by molar-refractivity contribution is 6.07. The van der Waals surface area contributed by atoms with Gasteiger partial charge in [0.1, 0.15) is 5.84 Å². The first kappa shape index (κ1) is 7.53. The number of nitrogens with two attached hydrogens (primary N) is 1. The van der Waals surface area contributed by atoms with Crippen LogP contribution in [0.5, 0.6) is 0 Å². The van der Waals surface area contributed by atoms with Gasteiger partial charge in [-0.3, -0.25) is 4.79 Å². The molecule has 0 saturated carbocycles. The lowest BCUT2D eigenvalue weighted by atomic mass is 9.87. The lowest BCUT2D eigenvalue weighted by Gasteiger charge is -2.21. The maximum atomic E-state index is 11.0. The zero-order valence-electron chi connectivity index (χ0n) is 6.97. The predicted octanol–water partition coefficient (Wildman–Crippen LogP) is 1.14. The second-order valence-electron chi connectivity index (χ2n) is 3.36. The normalized spacial score (nSPS) is 23.7. The molecule has 2 rings (SSSR count). The first-order valence-electron chi connectivity index (χ1n) is 4.35. The summed E-state index contributed by atoms with van der Waals surface area (Å²) < 4.78 is 0. The van der Waals surface area contributed by atoms with Crippen molar-refractivity contribution in [1.29, 1.82) is 0 Å². The molecule has 64 valence electrons. The van der Waals surface area contributed by atoms with Crippen molar-refractivity contribution >= 4 is 11.7 Å². The van der Waals surface area contributed by atoms with Crippen LogP contribution in [0.4, 0.5) is 0 Å². The zero-order chi connectivity index (χ0) is 8.55. The molecule has 0 radical (unpaired) electrons. The Morgan fingerprint density at radius 3 is 2.83 bits per heavy atom. The minimum Gasteiger partial charge on any atom is -0.383 e. The second kappa shape index (κ2) is 2.73. The van der Waals surface area contributed by atoms with Crippen molar-refractivity contribution in [3.05, 3.63) is 11.1 Å². The summed E-state index contributed by atoms with van der Waals surface area (Å²) in [6.07, 6.45) is 4.94. The number of rotatable bonds is 0. The van der Waals surface area contributed by atoms with E-state index in [-0.39, 0.29) is 5.91 Å². The van der Waals surface area contributed by atoms with E-state index in [4.69, 9.17) is 5.73 Å². The Morgan fingerprint density at radius 1 is 1.25 bits per heavy atom. The Labute approximate surface area is 71.4 Å². The zero-order valence-corrected chi connectivity index (χ0v) is 6.97. The highest BCUT2D eigenvalue weighted by Crippen LogP contribution is 2.29. The maximum Gasteiger partial charge on any atom is 0.251 e. The summed E-state index contributed by atoms with van der Waals surface area (Å²) in [5.41, 5.74) is 8.04. The van der Waals surface area contributed by atoms with Gasteiger partial charge < -0.3 is 5.73 Å². The van der Waals surface area contributed by atoms with E-state index in [1.165, 1.54) is 18.4 Å². The molecule has 0 atom stereocenters. The van der Waals surface area contributed by atoms with E-state index in [1.807, 2.05) is 0 Å². The van der Waals surface area contributed by atoms with Crippen molar-refractivity contribution in [3.63, 3.8) is 0 Å². The number of aliphatic imine (C=N–C) groups is 1. The lowest BCUT2D eigenvalue weighted by molar-refractivity contribution is -0.117. The topological polar surface area (TPSA) is 55.4 Å². The monoisotopic (exact) mass is 164 g/mol. The molecule has 1 aliphatic heterocycles. The molecule has 0 unspecified atom stereocenters. The quantitative estimate of drug-likeness (QED) is 0.583.